The minimum atomic E-state index is -3.33. The van der Waals surface area contributed by atoms with Gasteiger partial charge >= 0.3 is 6.03 Å². The highest BCUT2D eigenvalue weighted by molar-refractivity contribution is 7.92. The first-order chi connectivity index (χ1) is 17.2. The summed E-state index contributed by atoms with van der Waals surface area (Å²) in [7, 11) is 0.906. The first-order valence-corrected chi connectivity index (χ1v) is 14.3. The van der Waals surface area contributed by atoms with E-state index in [1.165, 1.54) is 0 Å². The summed E-state index contributed by atoms with van der Waals surface area (Å²) in [6, 6.07) is 13.5. The van der Waals surface area contributed by atoms with Gasteiger partial charge in [0.1, 0.15) is 0 Å². The Balaban J connectivity index is 1.49. The number of hydrogen-bond acceptors (Lipinski definition) is 5. The van der Waals surface area contributed by atoms with Crippen molar-refractivity contribution in [3.63, 3.8) is 0 Å². The van der Waals surface area contributed by atoms with Crippen LogP contribution in [0.15, 0.2) is 48.7 Å². The van der Waals surface area contributed by atoms with E-state index < -0.39 is 10.0 Å². The molecule has 2 N–H and O–H groups in total. The van der Waals surface area contributed by atoms with Crippen molar-refractivity contribution in [2.75, 3.05) is 36.5 Å². The number of urea groups is 1. The van der Waals surface area contributed by atoms with Gasteiger partial charge in [0, 0.05) is 42.0 Å². The Kier molecular flexibility index (Phi) is 6.61. The predicted octanol–water partition coefficient (Wildman–Crippen LogP) is 4.42. The van der Waals surface area contributed by atoms with Gasteiger partial charge in [-0.3, -0.25) is 14.6 Å². The Morgan fingerprint density at radius 3 is 2.42 bits per heavy atom. The van der Waals surface area contributed by atoms with Crippen LogP contribution in [0.25, 0.3) is 22.0 Å². The third-order valence-electron chi connectivity index (χ3n) is 7.13. The molecule has 1 aliphatic carbocycles. The first kappa shape index (κ1) is 24.5. The van der Waals surface area contributed by atoms with E-state index in [-0.39, 0.29) is 12.1 Å². The molecular weight excluding hydrogens is 474 g/mol. The van der Waals surface area contributed by atoms with Crippen LogP contribution in [0.5, 0.6) is 0 Å². The SMILES string of the molecule is CN(C)C[C@H]1CC[C@H](N2C(=O)NCc3cnc4ccc(-c5ccc(NS(C)(=O)=O)cc5)cc4c32)CC1. The molecule has 1 saturated carbocycles. The molecule has 8 nitrogen and oxygen atoms in total. The Labute approximate surface area is 212 Å². The number of aromatic nitrogens is 1. The maximum absolute atomic E-state index is 13.2. The molecule has 5 rings (SSSR count). The number of benzene rings is 2. The second kappa shape index (κ2) is 9.71. The normalized spacial score (nSPS) is 20.3. The molecule has 9 heteroatoms. The van der Waals surface area contributed by atoms with Gasteiger partial charge in [-0.1, -0.05) is 18.2 Å². The van der Waals surface area contributed by atoms with Crippen LogP contribution in [0, 0.1) is 5.92 Å². The van der Waals surface area contributed by atoms with Gasteiger partial charge in [0.2, 0.25) is 10.0 Å². The Morgan fingerprint density at radius 1 is 1.06 bits per heavy atom. The maximum atomic E-state index is 13.2. The van der Waals surface area contributed by atoms with Crippen LogP contribution in [0.1, 0.15) is 31.2 Å². The summed E-state index contributed by atoms with van der Waals surface area (Å²) in [4.78, 5) is 22.1. The van der Waals surface area contributed by atoms with E-state index >= 15 is 0 Å². The molecule has 0 atom stereocenters. The summed E-state index contributed by atoms with van der Waals surface area (Å²) >= 11 is 0. The molecule has 36 heavy (non-hydrogen) atoms. The fourth-order valence-electron chi connectivity index (χ4n) is 5.57. The first-order valence-electron chi connectivity index (χ1n) is 12.4. The number of nitrogens with one attached hydrogen (secondary N) is 2. The zero-order chi connectivity index (χ0) is 25.4. The third kappa shape index (κ3) is 5.17. The van der Waals surface area contributed by atoms with Gasteiger partial charge < -0.3 is 10.2 Å². The number of amides is 2. The van der Waals surface area contributed by atoms with Gasteiger partial charge in [0.15, 0.2) is 0 Å². The van der Waals surface area contributed by atoms with Crippen LogP contribution in [0.3, 0.4) is 0 Å². The van der Waals surface area contributed by atoms with Crippen molar-refractivity contribution in [3.8, 4) is 11.1 Å². The van der Waals surface area contributed by atoms with E-state index in [9.17, 15) is 13.2 Å². The third-order valence-corrected chi connectivity index (χ3v) is 7.74. The van der Waals surface area contributed by atoms with E-state index in [4.69, 9.17) is 0 Å². The monoisotopic (exact) mass is 507 g/mol. The average Bonchev–Trinajstić information content (AvgIpc) is 2.83. The number of anilines is 2. The summed E-state index contributed by atoms with van der Waals surface area (Å²) < 4.78 is 25.6. The molecule has 2 amide bonds. The highest BCUT2D eigenvalue weighted by Crippen LogP contribution is 2.39. The second-order valence-electron chi connectivity index (χ2n) is 10.3. The molecular formula is C27H33N5O3S. The lowest BCUT2D eigenvalue weighted by molar-refractivity contribution is 0.226. The lowest BCUT2D eigenvalue weighted by atomic mass is 9.84. The number of fused-ring (bicyclic) bond motifs is 3. The topological polar surface area (TPSA) is 94.6 Å². The molecule has 190 valence electrons. The van der Waals surface area contributed by atoms with Crippen molar-refractivity contribution < 1.29 is 13.2 Å². The lowest BCUT2D eigenvalue weighted by Crippen LogP contribution is -2.51. The molecule has 0 bridgehead atoms. The van der Waals surface area contributed by atoms with E-state index in [0.29, 0.717) is 18.2 Å². The van der Waals surface area contributed by atoms with E-state index in [2.05, 4.69) is 40.1 Å². The largest absolute Gasteiger partial charge is 0.333 e. The Hall–Kier alpha value is -3.17. The zero-order valence-electron chi connectivity index (χ0n) is 21.0. The van der Waals surface area contributed by atoms with Crippen molar-refractivity contribution in [2.45, 2.75) is 38.3 Å². The molecule has 1 fully saturated rings. The Bertz CT molecular complexity index is 1380. The number of carbonyl (C=O) groups is 1. The van der Waals surface area contributed by atoms with Crippen LogP contribution < -0.4 is 14.9 Å². The van der Waals surface area contributed by atoms with Crippen LogP contribution in [-0.4, -0.2) is 57.3 Å². The van der Waals surface area contributed by atoms with Crippen LogP contribution in [0.4, 0.5) is 16.2 Å². The van der Waals surface area contributed by atoms with Crippen molar-refractivity contribution in [2.24, 2.45) is 5.92 Å². The van der Waals surface area contributed by atoms with Crippen molar-refractivity contribution >= 4 is 38.3 Å². The number of hydrogen-bond donors (Lipinski definition) is 2. The summed E-state index contributed by atoms with van der Waals surface area (Å²) in [6.07, 6.45) is 7.23. The highest BCUT2D eigenvalue weighted by atomic mass is 32.2. The fourth-order valence-corrected chi connectivity index (χ4v) is 6.13. The average molecular weight is 508 g/mol. The van der Waals surface area contributed by atoms with Crippen LogP contribution >= 0.6 is 0 Å². The van der Waals surface area contributed by atoms with Crippen molar-refractivity contribution in [3.05, 3.63) is 54.2 Å². The Morgan fingerprint density at radius 2 is 1.75 bits per heavy atom. The fraction of sp³-hybridized carbons (Fsp3) is 0.407. The minimum Gasteiger partial charge on any atom is -0.333 e. The highest BCUT2D eigenvalue weighted by Gasteiger charge is 2.35. The summed E-state index contributed by atoms with van der Waals surface area (Å²) in [5.74, 6) is 0.671. The number of sulfonamides is 1. The summed E-state index contributed by atoms with van der Waals surface area (Å²) in [5.41, 5.74) is 5.33. The van der Waals surface area contributed by atoms with E-state index in [1.807, 2.05) is 35.4 Å². The molecule has 2 aromatic carbocycles. The molecule has 1 aliphatic heterocycles. The van der Waals surface area contributed by atoms with Gasteiger partial charge in [0.05, 0.1) is 17.5 Å². The minimum absolute atomic E-state index is 0.0346. The lowest BCUT2D eigenvalue weighted by Gasteiger charge is -2.40. The molecule has 0 spiro atoms. The number of carbonyl (C=O) groups excluding carboxylic acids is 1. The van der Waals surface area contributed by atoms with Gasteiger partial charge in [-0.25, -0.2) is 13.2 Å². The summed E-state index contributed by atoms with van der Waals surface area (Å²) in [5, 5.41) is 4.01. The van der Waals surface area contributed by atoms with Gasteiger partial charge in [0.25, 0.3) is 0 Å². The molecule has 2 aliphatic rings. The molecule has 0 saturated heterocycles. The molecule has 1 aromatic heterocycles. The van der Waals surface area contributed by atoms with Gasteiger partial charge in [-0.15, -0.1) is 0 Å². The van der Waals surface area contributed by atoms with Crippen LogP contribution in [0.2, 0.25) is 0 Å². The molecule has 2 heterocycles. The molecule has 0 radical (unpaired) electrons. The summed E-state index contributed by atoms with van der Waals surface area (Å²) in [6.45, 7) is 1.56. The van der Waals surface area contributed by atoms with Crippen molar-refractivity contribution in [1.29, 1.82) is 0 Å². The van der Waals surface area contributed by atoms with Crippen LogP contribution in [-0.2, 0) is 16.6 Å². The smallest absolute Gasteiger partial charge is 0.322 e. The van der Waals surface area contributed by atoms with E-state index in [0.717, 1.165) is 71.8 Å². The maximum Gasteiger partial charge on any atom is 0.322 e. The van der Waals surface area contributed by atoms with Crippen molar-refractivity contribution in [1.82, 2.24) is 15.2 Å². The number of pyridine rings is 1. The van der Waals surface area contributed by atoms with E-state index in [1.54, 1.807) is 12.1 Å². The predicted molar refractivity (Wildman–Crippen MR) is 145 cm³/mol. The second-order valence-corrected chi connectivity index (χ2v) is 12.0. The number of nitrogens with zero attached hydrogens (tertiary/aromatic N) is 3. The van der Waals surface area contributed by atoms with Gasteiger partial charge in [-0.05, 0) is 81.1 Å². The molecule has 3 aromatic rings. The molecule has 0 unspecified atom stereocenters. The number of rotatable bonds is 6. The standard InChI is InChI=1S/C27H33N5O3S/c1-31(2)17-18-4-11-23(12-5-18)32-26-21(16-29-27(32)33)15-28-25-13-8-20(14-24(25)26)19-6-9-22(10-7-19)30-36(3,34)35/h6-10,13-15,18,23,30H,4-5,11-12,16-17H2,1-3H3,(H,29,33)/t18-,23-. The zero-order valence-corrected chi connectivity index (χ0v) is 21.8. The quantitative estimate of drug-likeness (QED) is 0.515. The van der Waals surface area contributed by atoms with Gasteiger partial charge in [-0.2, -0.15) is 0 Å².